The largest absolute Gasteiger partial charge is 0.494 e. The van der Waals surface area contributed by atoms with Crippen LogP contribution in [0.15, 0.2) is 12.1 Å². The molecule has 1 saturated heterocycles. The molecule has 0 aliphatic carbocycles. The molecular weight excluding hydrogens is 224 g/mol. The van der Waals surface area contributed by atoms with E-state index in [0.29, 0.717) is 12.3 Å². The fourth-order valence-corrected chi connectivity index (χ4v) is 2.31. The summed E-state index contributed by atoms with van der Waals surface area (Å²) in [6.07, 6.45) is 2.52. The summed E-state index contributed by atoms with van der Waals surface area (Å²) in [5, 5.41) is 3.25. The molecule has 1 heterocycles. The molecule has 2 rings (SSSR count). The Balaban J connectivity index is 2.18. The first-order valence-electron chi connectivity index (χ1n) is 5.94. The van der Waals surface area contributed by atoms with Gasteiger partial charge in [0.1, 0.15) is 5.82 Å². The van der Waals surface area contributed by atoms with Crippen molar-refractivity contribution in [3.8, 4) is 5.75 Å². The molecule has 1 unspecified atom stereocenters. The molecule has 4 heteroatoms. The number of nitrogens with one attached hydrogen (secondary N) is 1. The van der Waals surface area contributed by atoms with Gasteiger partial charge < -0.3 is 10.1 Å². The zero-order chi connectivity index (χ0) is 12.3. The molecule has 1 aromatic carbocycles. The lowest BCUT2D eigenvalue weighted by Gasteiger charge is -2.23. The van der Waals surface area contributed by atoms with E-state index in [1.54, 1.807) is 0 Å². The maximum atomic E-state index is 13.9. The fourth-order valence-electron chi connectivity index (χ4n) is 2.31. The number of piperidine rings is 1. The minimum absolute atomic E-state index is 0.116. The van der Waals surface area contributed by atoms with Crippen LogP contribution in [0.2, 0.25) is 0 Å². The highest BCUT2D eigenvalue weighted by Gasteiger charge is 2.20. The zero-order valence-electron chi connectivity index (χ0n) is 9.93. The Morgan fingerprint density at radius 1 is 1.41 bits per heavy atom. The summed E-state index contributed by atoms with van der Waals surface area (Å²) < 4.78 is 32.4. The van der Waals surface area contributed by atoms with Crippen LogP contribution in [0.3, 0.4) is 0 Å². The third-order valence-electron chi connectivity index (χ3n) is 3.26. The van der Waals surface area contributed by atoms with Gasteiger partial charge in [-0.2, -0.15) is 0 Å². The molecule has 0 saturated carbocycles. The van der Waals surface area contributed by atoms with Crippen molar-refractivity contribution < 1.29 is 13.5 Å². The van der Waals surface area contributed by atoms with Gasteiger partial charge in [0.25, 0.3) is 0 Å². The standard InChI is InChI=1S/C13H17F2NO/c1-17-12-5-4-11(14)10(13(12)15)7-9-3-2-6-16-8-9/h4-5,9,16H,2-3,6-8H2,1H3. The maximum absolute atomic E-state index is 13.9. The molecule has 1 atom stereocenters. The van der Waals surface area contributed by atoms with Crippen LogP contribution in [0.25, 0.3) is 0 Å². The number of rotatable bonds is 3. The van der Waals surface area contributed by atoms with Crippen LogP contribution in [-0.4, -0.2) is 20.2 Å². The van der Waals surface area contributed by atoms with E-state index < -0.39 is 11.6 Å². The van der Waals surface area contributed by atoms with E-state index in [1.807, 2.05) is 0 Å². The van der Waals surface area contributed by atoms with Crippen molar-refractivity contribution in [3.05, 3.63) is 29.3 Å². The van der Waals surface area contributed by atoms with Crippen LogP contribution in [0.4, 0.5) is 8.78 Å². The van der Waals surface area contributed by atoms with E-state index >= 15 is 0 Å². The van der Waals surface area contributed by atoms with Crippen molar-refractivity contribution >= 4 is 0 Å². The van der Waals surface area contributed by atoms with Crippen molar-refractivity contribution in [2.45, 2.75) is 19.3 Å². The van der Waals surface area contributed by atoms with Crippen molar-refractivity contribution in [2.24, 2.45) is 5.92 Å². The summed E-state index contributed by atoms with van der Waals surface area (Å²) in [6.45, 7) is 1.83. The summed E-state index contributed by atoms with van der Waals surface area (Å²) >= 11 is 0. The van der Waals surface area contributed by atoms with Gasteiger partial charge in [0.2, 0.25) is 0 Å². The van der Waals surface area contributed by atoms with Crippen LogP contribution in [0.5, 0.6) is 5.75 Å². The molecule has 0 spiro atoms. The van der Waals surface area contributed by atoms with Crippen LogP contribution in [-0.2, 0) is 6.42 Å². The monoisotopic (exact) mass is 241 g/mol. The second-order valence-corrected chi connectivity index (χ2v) is 4.46. The number of hydrogen-bond donors (Lipinski definition) is 1. The number of benzene rings is 1. The van der Waals surface area contributed by atoms with Gasteiger partial charge in [-0.15, -0.1) is 0 Å². The molecule has 0 amide bonds. The Morgan fingerprint density at radius 2 is 2.24 bits per heavy atom. The molecule has 1 N–H and O–H groups in total. The third-order valence-corrected chi connectivity index (χ3v) is 3.26. The second-order valence-electron chi connectivity index (χ2n) is 4.46. The van der Waals surface area contributed by atoms with Crippen molar-refractivity contribution in [3.63, 3.8) is 0 Å². The average Bonchev–Trinajstić information content (AvgIpc) is 2.36. The van der Waals surface area contributed by atoms with Crippen LogP contribution >= 0.6 is 0 Å². The van der Waals surface area contributed by atoms with E-state index in [-0.39, 0.29) is 11.3 Å². The third kappa shape index (κ3) is 2.75. The van der Waals surface area contributed by atoms with Crippen molar-refractivity contribution in [2.75, 3.05) is 20.2 Å². The SMILES string of the molecule is COc1ccc(F)c(CC2CCCNC2)c1F. The molecule has 1 fully saturated rings. The van der Waals surface area contributed by atoms with Gasteiger partial charge >= 0.3 is 0 Å². The van der Waals surface area contributed by atoms with Crippen LogP contribution in [0, 0.1) is 17.6 Å². The lowest BCUT2D eigenvalue weighted by atomic mass is 9.92. The predicted octanol–water partition coefficient (Wildman–Crippen LogP) is 2.52. The molecular formula is C13H17F2NO. The van der Waals surface area contributed by atoms with Gasteiger partial charge in [0.15, 0.2) is 11.6 Å². The van der Waals surface area contributed by atoms with Gasteiger partial charge in [-0.1, -0.05) is 0 Å². The van der Waals surface area contributed by atoms with Crippen LogP contribution in [0.1, 0.15) is 18.4 Å². The van der Waals surface area contributed by atoms with Gasteiger partial charge in [0, 0.05) is 5.56 Å². The normalized spacial score (nSPS) is 20.3. The molecule has 1 aliphatic heterocycles. The second kappa shape index (κ2) is 5.45. The highest BCUT2D eigenvalue weighted by molar-refractivity contribution is 5.32. The summed E-state index contributed by atoms with van der Waals surface area (Å²) in [6, 6.07) is 2.60. The van der Waals surface area contributed by atoms with Crippen LogP contribution < -0.4 is 10.1 Å². The van der Waals surface area contributed by atoms with Gasteiger partial charge in [-0.25, -0.2) is 8.78 Å². The van der Waals surface area contributed by atoms with E-state index in [1.165, 1.54) is 19.2 Å². The van der Waals surface area contributed by atoms with Gasteiger partial charge in [-0.3, -0.25) is 0 Å². The molecule has 0 radical (unpaired) electrons. The van der Waals surface area contributed by atoms with E-state index in [0.717, 1.165) is 25.9 Å². The minimum Gasteiger partial charge on any atom is -0.494 e. The smallest absolute Gasteiger partial charge is 0.171 e. The molecule has 0 aromatic heterocycles. The van der Waals surface area contributed by atoms with Gasteiger partial charge in [0.05, 0.1) is 7.11 Å². The van der Waals surface area contributed by atoms with Crippen molar-refractivity contribution in [1.29, 1.82) is 0 Å². The number of ether oxygens (including phenoxy) is 1. The highest BCUT2D eigenvalue weighted by Crippen LogP contribution is 2.26. The number of hydrogen-bond acceptors (Lipinski definition) is 2. The first-order valence-corrected chi connectivity index (χ1v) is 5.94. The summed E-state index contributed by atoms with van der Waals surface area (Å²) in [4.78, 5) is 0. The lowest BCUT2D eigenvalue weighted by Crippen LogP contribution is -2.31. The molecule has 2 nitrogen and oxygen atoms in total. The Labute approximate surface area is 100.0 Å². The maximum Gasteiger partial charge on any atom is 0.171 e. The summed E-state index contributed by atoms with van der Waals surface area (Å²) in [5.74, 6) is -0.614. The molecule has 17 heavy (non-hydrogen) atoms. The molecule has 1 aliphatic rings. The first kappa shape index (κ1) is 12.3. The summed E-state index contributed by atoms with van der Waals surface area (Å²) in [7, 11) is 1.39. The van der Waals surface area contributed by atoms with Crippen molar-refractivity contribution in [1.82, 2.24) is 5.32 Å². The minimum atomic E-state index is -0.557. The fraction of sp³-hybridized carbons (Fsp3) is 0.538. The number of halogens is 2. The molecule has 0 bridgehead atoms. The van der Waals surface area contributed by atoms with Gasteiger partial charge in [-0.05, 0) is 50.4 Å². The Hall–Kier alpha value is -1.16. The Kier molecular flexibility index (Phi) is 3.94. The lowest BCUT2D eigenvalue weighted by molar-refractivity contribution is 0.354. The van der Waals surface area contributed by atoms with E-state index in [2.05, 4.69) is 5.32 Å². The average molecular weight is 241 g/mol. The quantitative estimate of drug-likeness (QED) is 0.878. The zero-order valence-corrected chi connectivity index (χ0v) is 9.93. The predicted molar refractivity (Wildman–Crippen MR) is 62.2 cm³/mol. The first-order chi connectivity index (χ1) is 8.22. The highest BCUT2D eigenvalue weighted by atomic mass is 19.1. The summed E-state index contributed by atoms with van der Waals surface area (Å²) in [5.41, 5.74) is 0.151. The molecule has 1 aromatic rings. The molecule has 94 valence electrons. The Bertz CT molecular complexity index is 389. The Morgan fingerprint density at radius 3 is 2.88 bits per heavy atom. The number of methoxy groups -OCH3 is 1. The van der Waals surface area contributed by atoms with E-state index in [4.69, 9.17) is 4.74 Å². The van der Waals surface area contributed by atoms with E-state index in [9.17, 15) is 8.78 Å². The topological polar surface area (TPSA) is 21.3 Å².